The molecule has 0 aliphatic heterocycles. The standard InChI is InChI=1S/C67H130O17P2/c1-5-9-13-17-20-23-26-28-29-30-31-32-33-34-36-39-42-46-50-54-67(72)84-63(58-78-65(70)52-48-44-40-38-35-27-24-21-18-14-10-6-2)60-82-86(75,76)80-56-61(68)55-79-85(73,74)81-59-62(57-77-64(69)51-47-43-16-12-8-4)83-66(71)53-49-45-41-37-25-22-19-15-11-7-3/h61-63,68H,5-60H2,1-4H3,(H,73,74)(H,75,76)/t61-,62+,63+/m0/s1. The number of carbonyl (C=O) groups excluding carboxylic acids is 4. The van der Waals surface area contributed by atoms with Crippen LogP contribution < -0.4 is 0 Å². The molecular formula is C67H130O17P2. The summed E-state index contributed by atoms with van der Waals surface area (Å²) < 4.78 is 67.9. The molecule has 17 nitrogen and oxygen atoms in total. The van der Waals surface area contributed by atoms with Gasteiger partial charge >= 0.3 is 39.5 Å². The number of phosphoric ester groups is 2. The van der Waals surface area contributed by atoms with Gasteiger partial charge < -0.3 is 33.8 Å². The van der Waals surface area contributed by atoms with Crippen molar-refractivity contribution >= 4 is 39.5 Å². The monoisotopic (exact) mass is 1270 g/mol. The molecule has 0 spiro atoms. The predicted octanol–water partition coefficient (Wildman–Crippen LogP) is 19.1. The third kappa shape index (κ3) is 60.9. The van der Waals surface area contributed by atoms with Crippen molar-refractivity contribution in [2.24, 2.45) is 0 Å². The smallest absolute Gasteiger partial charge is 0.462 e. The molecule has 0 fully saturated rings. The molecular weight excluding hydrogens is 1140 g/mol. The number of hydrogen-bond donors (Lipinski definition) is 3. The van der Waals surface area contributed by atoms with Crippen molar-refractivity contribution in [2.75, 3.05) is 39.6 Å². The van der Waals surface area contributed by atoms with Crippen LogP contribution >= 0.6 is 15.6 Å². The average molecular weight is 1270 g/mol. The van der Waals surface area contributed by atoms with E-state index in [1.54, 1.807) is 0 Å². The Kier molecular flexibility index (Phi) is 60.5. The van der Waals surface area contributed by atoms with Gasteiger partial charge in [0.05, 0.1) is 26.4 Å². The molecule has 0 aromatic rings. The molecule has 0 aliphatic rings. The summed E-state index contributed by atoms with van der Waals surface area (Å²) >= 11 is 0. The Balaban J connectivity index is 5.12. The van der Waals surface area contributed by atoms with Crippen LogP contribution in [0.25, 0.3) is 0 Å². The molecule has 3 N–H and O–H groups in total. The summed E-state index contributed by atoms with van der Waals surface area (Å²) in [6, 6.07) is 0. The van der Waals surface area contributed by atoms with E-state index >= 15 is 0 Å². The van der Waals surface area contributed by atoms with Crippen LogP contribution in [0.1, 0.15) is 349 Å². The Morgan fingerprint density at radius 3 is 0.686 bits per heavy atom. The van der Waals surface area contributed by atoms with Gasteiger partial charge in [-0.25, -0.2) is 9.13 Å². The Morgan fingerprint density at radius 2 is 0.465 bits per heavy atom. The van der Waals surface area contributed by atoms with Crippen LogP contribution in [0.3, 0.4) is 0 Å². The zero-order chi connectivity index (χ0) is 63.3. The highest BCUT2D eigenvalue weighted by molar-refractivity contribution is 7.47. The van der Waals surface area contributed by atoms with Crippen molar-refractivity contribution < 1.29 is 80.2 Å². The molecule has 5 atom stereocenters. The van der Waals surface area contributed by atoms with Gasteiger partial charge in [0.2, 0.25) is 0 Å². The molecule has 0 aromatic heterocycles. The summed E-state index contributed by atoms with van der Waals surface area (Å²) in [5.74, 6) is -2.14. The van der Waals surface area contributed by atoms with Crippen LogP contribution in [0.5, 0.6) is 0 Å². The number of carbonyl (C=O) groups is 4. The number of ether oxygens (including phenoxy) is 4. The van der Waals surface area contributed by atoms with E-state index in [1.165, 1.54) is 173 Å². The van der Waals surface area contributed by atoms with Crippen molar-refractivity contribution in [1.82, 2.24) is 0 Å². The van der Waals surface area contributed by atoms with Crippen molar-refractivity contribution in [3.05, 3.63) is 0 Å². The maximum absolute atomic E-state index is 13.0. The van der Waals surface area contributed by atoms with Gasteiger partial charge in [-0.1, -0.05) is 297 Å². The van der Waals surface area contributed by atoms with E-state index in [4.69, 9.17) is 37.0 Å². The van der Waals surface area contributed by atoms with E-state index in [2.05, 4.69) is 27.7 Å². The van der Waals surface area contributed by atoms with E-state index < -0.39 is 97.5 Å². The summed E-state index contributed by atoms with van der Waals surface area (Å²) in [7, 11) is -9.88. The van der Waals surface area contributed by atoms with Gasteiger partial charge in [-0.3, -0.25) is 37.3 Å². The SMILES string of the molecule is CCCCCCCCCCCCCCCCCCCCCC(=O)O[C@H](COC(=O)CCCCCCCCCCCCCC)COP(=O)(O)OC[C@@H](O)COP(=O)(O)OC[C@@H](COC(=O)CCCCCCC)OC(=O)CCCCCCCCCCCC. The van der Waals surface area contributed by atoms with Crippen molar-refractivity contribution in [2.45, 2.75) is 367 Å². The van der Waals surface area contributed by atoms with Crippen LogP contribution in [-0.4, -0.2) is 96.7 Å². The first kappa shape index (κ1) is 84.1. The van der Waals surface area contributed by atoms with Gasteiger partial charge in [0.25, 0.3) is 0 Å². The summed E-state index contributed by atoms with van der Waals surface area (Å²) in [5.41, 5.74) is 0. The molecule has 0 saturated heterocycles. The lowest BCUT2D eigenvalue weighted by molar-refractivity contribution is -0.161. The van der Waals surface area contributed by atoms with Gasteiger partial charge in [0.1, 0.15) is 19.3 Å². The van der Waals surface area contributed by atoms with Crippen LogP contribution in [0.2, 0.25) is 0 Å². The molecule has 86 heavy (non-hydrogen) atoms. The zero-order valence-electron chi connectivity index (χ0n) is 55.3. The maximum Gasteiger partial charge on any atom is 0.472 e. The average Bonchev–Trinajstić information content (AvgIpc) is 3.70. The van der Waals surface area contributed by atoms with Crippen LogP contribution in [0.15, 0.2) is 0 Å². The second-order valence-corrected chi connectivity index (χ2v) is 27.1. The van der Waals surface area contributed by atoms with Gasteiger partial charge in [0, 0.05) is 25.7 Å². The molecule has 0 heterocycles. The second-order valence-electron chi connectivity index (χ2n) is 24.2. The largest absolute Gasteiger partial charge is 0.472 e. The number of rotatable bonds is 68. The third-order valence-corrected chi connectivity index (χ3v) is 17.5. The lowest BCUT2D eigenvalue weighted by Gasteiger charge is -2.21. The molecule has 0 amide bonds. The highest BCUT2D eigenvalue weighted by Crippen LogP contribution is 2.45. The van der Waals surface area contributed by atoms with Crippen molar-refractivity contribution in [3.63, 3.8) is 0 Å². The van der Waals surface area contributed by atoms with Crippen molar-refractivity contribution in [1.29, 1.82) is 0 Å². The minimum Gasteiger partial charge on any atom is -0.462 e. The van der Waals surface area contributed by atoms with Crippen LogP contribution in [-0.2, 0) is 65.4 Å². The minimum atomic E-state index is -4.94. The van der Waals surface area contributed by atoms with Crippen LogP contribution in [0, 0.1) is 0 Å². The van der Waals surface area contributed by atoms with Crippen molar-refractivity contribution in [3.8, 4) is 0 Å². The number of phosphoric acid groups is 2. The molecule has 0 bridgehead atoms. The Labute approximate surface area is 524 Å². The maximum atomic E-state index is 13.0. The first-order valence-corrected chi connectivity index (χ1v) is 38.3. The fourth-order valence-electron chi connectivity index (χ4n) is 10.2. The van der Waals surface area contributed by atoms with Crippen LogP contribution in [0.4, 0.5) is 0 Å². The molecule has 0 saturated carbocycles. The van der Waals surface area contributed by atoms with Gasteiger partial charge in [-0.2, -0.15) is 0 Å². The van der Waals surface area contributed by atoms with E-state index in [9.17, 15) is 43.2 Å². The highest BCUT2D eigenvalue weighted by Gasteiger charge is 2.30. The summed E-state index contributed by atoms with van der Waals surface area (Å²) in [6.45, 7) is 4.82. The number of hydrogen-bond acceptors (Lipinski definition) is 15. The fourth-order valence-corrected chi connectivity index (χ4v) is 11.7. The lowest BCUT2D eigenvalue weighted by Crippen LogP contribution is -2.30. The topological polar surface area (TPSA) is 237 Å². The first-order chi connectivity index (χ1) is 41.7. The Morgan fingerprint density at radius 1 is 0.279 bits per heavy atom. The number of esters is 4. The summed E-state index contributed by atoms with van der Waals surface area (Å²) in [5, 5.41) is 10.5. The van der Waals surface area contributed by atoms with Gasteiger partial charge in [-0.05, 0) is 25.7 Å². The lowest BCUT2D eigenvalue weighted by atomic mass is 10.0. The molecule has 2 unspecified atom stereocenters. The highest BCUT2D eigenvalue weighted by atomic mass is 31.2. The number of aliphatic hydroxyl groups is 1. The van der Waals surface area contributed by atoms with E-state index in [0.717, 1.165) is 96.3 Å². The molecule has 0 rings (SSSR count). The predicted molar refractivity (Wildman–Crippen MR) is 345 cm³/mol. The Hall–Kier alpha value is -1.94. The van der Waals surface area contributed by atoms with Gasteiger partial charge in [-0.15, -0.1) is 0 Å². The number of unbranched alkanes of at least 4 members (excludes halogenated alkanes) is 42. The zero-order valence-corrected chi connectivity index (χ0v) is 57.1. The van der Waals surface area contributed by atoms with Gasteiger partial charge in [0.15, 0.2) is 12.2 Å². The molecule has 0 radical (unpaired) electrons. The normalized spacial score (nSPS) is 14.1. The summed E-state index contributed by atoms with van der Waals surface area (Å²) in [6.07, 6.45) is 49.0. The quantitative estimate of drug-likeness (QED) is 0.0222. The van der Waals surface area contributed by atoms with E-state index in [1.807, 2.05) is 0 Å². The molecule has 0 aliphatic carbocycles. The fraction of sp³-hybridized carbons (Fsp3) is 0.940. The molecule has 0 aromatic carbocycles. The second kappa shape index (κ2) is 61.9. The van der Waals surface area contributed by atoms with E-state index in [-0.39, 0.29) is 25.7 Å². The van der Waals surface area contributed by atoms with E-state index in [0.29, 0.717) is 25.7 Å². The minimum absolute atomic E-state index is 0.106. The number of aliphatic hydroxyl groups excluding tert-OH is 1. The molecule has 510 valence electrons. The molecule has 19 heteroatoms. The summed E-state index contributed by atoms with van der Waals surface area (Å²) in [4.78, 5) is 72.1. The third-order valence-electron chi connectivity index (χ3n) is 15.6. The Bertz CT molecular complexity index is 1650. The first-order valence-electron chi connectivity index (χ1n) is 35.3.